The molecule has 0 heterocycles. The van der Waals surface area contributed by atoms with Crippen LogP contribution in [0.15, 0.2) is 36.4 Å². The van der Waals surface area contributed by atoms with E-state index >= 15 is 0 Å². The zero-order valence-corrected chi connectivity index (χ0v) is 10.6. The van der Waals surface area contributed by atoms with Crippen molar-refractivity contribution < 1.29 is 13.2 Å². The average Bonchev–Trinajstić information content (AvgIpc) is 2.24. The Morgan fingerprint density at radius 1 is 0.778 bits per heavy atom. The van der Waals surface area contributed by atoms with Gasteiger partial charge in [0.25, 0.3) is 0 Å². The summed E-state index contributed by atoms with van der Waals surface area (Å²) in [5.41, 5.74) is -0.139. The smallest absolute Gasteiger partial charge is 0.166 e. The number of fused-ring (bicyclic) bond motifs is 1. The molecule has 2 rings (SSSR count). The fraction of sp³-hybridized carbons (Fsp3) is 0.333. The SMILES string of the molecule is CC(C)(C)c1cccc2cccc(C(F)(F)F)c12. The molecular formula is C15H15F3. The summed E-state index contributed by atoms with van der Waals surface area (Å²) in [6.45, 7) is 5.78. The van der Waals surface area contributed by atoms with E-state index in [1.165, 1.54) is 6.07 Å². The maximum atomic E-state index is 13.1. The van der Waals surface area contributed by atoms with Gasteiger partial charge in [-0.15, -0.1) is 0 Å². The molecule has 96 valence electrons. The first-order valence-electron chi connectivity index (χ1n) is 5.80. The van der Waals surface area contributed by atoms with Gasteiger partial charge in [0.05, 0.1) is 5.56 Å². The summed E-state index contributed by atoms with van der Waals surface area (Å²) in [5, 5.41) is 0.956. The van der Waals surface area contributed by atoms with E-state index in [1.54, 1.807) is 18.2 Å². The third-order valence-corrected chi connectivity index (χ3v) is 3.02. The van der Waals surface area contributed by atoms with Crippen LogP contribution in [-0.2, 0) is 11.6 Å². The third kappa shape index (κ3) is 2.22. The first kappa shape index (κ1) is 12.9. The minimum absolute atomic E-state index is 0.319. The number of benzene rings is 2. The Morgan fingerprint density at radius 3 is 1.72 bits per heavy atom. The largest absolute Gasteiger partial charge is 0.417 e. The summed E-state index contributed by atoms with van der Waals surface area (Å²) in [4.78, 5) is 0. The first-order chi connectivity index (χ1) is 8.21. The van der Waals surface area contributed by atoms with E-state index < -0.39 is 11.7 Å². The summed E-state index contributed by atoms with van der Waals surface area (Å²) < 4.78 is 39.3. The molecule has 2 aromatic carbocycles. The van der Waals surface area contributed by atoms with Gasteiger partial charge in [-0.05, 0) is 27.8 Å². The van der Waals surface area contributed by atoms with E-state index in [2.05, 4.69) is 0 Å². The predicted molar refractivity (Wildman–Crippen MR) is 67.7 cm³/mol. The van der Waals surface area contributed by atoms with Gasteiger partial charge in [-0.1, -0.05) is 51.1 Å². The molecule has 0 amide bonds. The van der Waals surface area contributed by atoms with Crippen molar-refractivity contribution in [2.24, 2.45) is 0 Å². The fourth-order valence-electron chi connectivity index (χ4n) is 2.20. The lowest BCUT2D eigenvalue weighted by Gasteiger charge is -2.23. The highest BCUT2D eigenvalue weighted by Crippen LogP contribution is 2.39. The predicted octanol–water partition coefficient (Wildman–Crippen LogP) is 5.16. The summed E-state index contributed by atoms with van der Waals surface area (Å²) in [6, 6.07) is 9.63. The summed E-state index contributed by atoms with van der Waals surface area (Å²) in [6.07, 6.45) is -4.32. The van der Waals surface area contributed by atoms with Crippen molar-refractivity contribution in [2.75, 3.05) is 0 Å². The number of alkyl halides is 3. The zero-order valence-electron chi connectivity index (χ0n) is 10.6. The number of hydrogen-bond acceptors (Lipinski definition) is 0. The van der Waals surface area contributed by atoms with Gasteiger partial charge >= 0.3 is 6.18 Å². The monoisotopic (exact) mass is 252 g/mol. The maximum Gasteiger partial charge on any atom is 0.417 e. The Balaban J connectivity index is 2.90. The quantitative estimate of drug-likeness (QED) is 0.607. The van der Waals surface area contributed by atoms with E-state index in [9.17, 15) is 13.2 Å². The summed E-state index contributed by atoms with van der Waals surface area (Å²) in [7, 11) is 0. The number of rotatable bonds is 0. The molecule has 0 aliphatic heterocycles. The zero-order chi connectivity index (χ0) is 13.6. The van der Waals surface area contributed by atoms with Crippen LogP contribution in [0.2, 0.25) is 0 Å². The molecule has 0 spiro atoms. The van der Waals surface area contributed by atoms with Crippen LogP contribution in [0.5, 0.6) is 0 Å². The van der Waals surface area contributed by atoms with Crippen LogP contribution < -0.4 is 0 Å². The van der Waals surface area contributed by atoms with Crippen molar-refractivity contribution >= 4 is 10.8 Å². The Bertz CT molecular complexity index is 526. The molecule has 3 heteroatoms. The topological polar surface area (TPSA) is 0 Å². The van der Waals surface area contributed by atoms with Gasteiger partial charge in [0, 0.05) is 0 Å². The van der Waals surface area contributed by atoms with Crippen molar-refractivity contribution in [1.82, 2.24) is 0 Å². The Morgan fingerprint density at radius 2 is 1.28 bits per heavy atom. The van der Waals surface area contributed by atoms with Gasteiger partial charge in [-0.2, -0.15) is 13.2 Å². The second kappa shape index (κ2) is 4.01. The average molecular weight is 252 g/mol. The van der Waals surface area contributed by atoms with Crippen LogP contribution in [0, 0.1) is 0 Å². The van der Waals surface area contributed by atoms with Crippen molar-refractivity contribution in [3.05, 3.63) is 47.5 Å². The molecule has 18 heavy (non-hydrogen) atoms. The minimum atomic E-state index is -4.32. The summed E-state index contributed by atoms with van der Waals surface area (Å²) in [5.74, 6) is 0. The summed E-state index contributed by atoms with van der Waals surface area (Å²) >= 11 is 0. The first-order valence-corrected chi connectivity index (χ1v) is 5.80. The van der Waals surface area contributed by atoms with Gasteiger partial charge in [0.1, 0.15) is 0 Å². The standard InChI is InChI=1S/C15H15F3/c1-14(2,3)11-8-4-6-10-7-5-9-12(13(10)11)15(16,17)18/h4-9H,1-3H3. The van der Waals surface area contributed by atoms with Gasteiger partial charge < -0.3 is 0 Å². The van der Waals surface area contributed by atoms with Crippen LogP contribution in [0.25, 0.3) is 10.8 Å². The molecule has 0 nitrogen and oxygen atoms in total. The molecule has 0 aliphatic rings. The van der Waals surface area contributed by atoms with E-state index in [1.807, 2.05) is 26.8 Å². The third-order valence-electron chi connectivity index (χ3n) is 3.02. The lowest BCUT2D eigenvalue weighted by atomic mass is 9.82. The van der Waals surface area contributed by atoms with E-state index in [0.29, 0.717) is 10.8 Å². The number of halogens is 3. The molecule has 0 N–H and O–H groups in total. The Kier molecular flexibility index (Phi) is 2.88. The molecule has 0 fully saturated rings. The molecule has 0 bridgehead atoms. The highest BCUT2D eigenvalue weighted by atomic mass is 19.4. The lowest BCUT2D eigenvalue weighted by molar-refractivity contribution is -0.136. The van der Waals surface area contributed by atoms with Crippen LogP contribution in [-0.4, -0.2) is 0 Å². The molecule has 0 radical (unpaired) electrons. The van der Waals surface area contributed by atoms with Gasteiger partial charge in [0.15, 0.2) is 0 Å². The molecule has 0 unspecified atom stereocenters. The fourth-order valence-corrected chi connectivity index (χ4v) is 2.20. The molecule has 0 saturated heterocycles. The van der Waals surface area contributed by atoms with Crippen molar-refractivity contribution in [1.29, 1.82) is 0 Å². The second-order valence-corrected chi connectivity index (χ2v) is 5.46. The molecule has 0 aliphatic carbocycles. The maximum absolute atomic E-state index is 13.1. The van der Waals surface area contributed by atoms with Crippen LogP contribution in [0.4, 0.5) is 13.2 Å². The van der Waals surface area contributed by atoms with Crippen LogP contribution in [0.3, 0.4) is 0 Å². The molecule has 2 aromatic rings. The molecular weight excluding hydrogens is 237 g/mol. The van der Waals surface area contributed by atoms with E-state index in [4.69, 9.17) is 0 Å². The van der Waals surface area contributed by atoms with Crippen LogP contribution in [0.1, 0.15) is 31.9 Å². The second-order valence-electron chi connectivity index (χ2n) is 5.46. The van der Waals surface area contributed by atoms with Gasteiger partial charge in [-0.25, -0.2) is 0 Å². The van der Waals surface area contributed by atoms with Gasteiger partial charge in [-0.3, -0.25) is 0 Å². The van der Waals surface area contributed by atoms with E-state index in [0.717, 1.165) is 11.6 Å². The lowest BCUT2D eigenvalue weighted by Crippen LogP contribution is -2.14. The number of hydrogen-bond donors (Lipinski definition) is 0. The van der Waals surface area contributed by atoms with Gasteiger partial charge in [0.2, 0.25) is 0 Å². The minimum Gasteiger partial charge on any atom is -0.166 e. The Labute approximate surface area is 104 Å². The Hall–Kier alpha value is -1.51. The highest BCUT2D eigenvalue weighted by molar-refractivity contribution is 5.90. The van der Waals surface area contributed by atoms with E-state index in [-0.39, 0.29) is 5.41 Å². The van der Waals surface area contributed by atoms with Crippen LogP contribution >= 0.6 is 0 Å². The molecule has 0 atom stereocenters. The molecule has 0 aromatic heterocycles. The van der Waals surface area contributed by atoms with Crippen molar-refractivity contribution in [3.63, 3.8) is 0 Å². The normalized spacial score (nSPS) is 13.0. The van der Waals surface area contributed by atoms with Crippen molar-refractivity contribution in [2.45, 2.75) is 32.4 Å². The molecule has 0 saturated carbocycles. The highest BCUT2D eigenvalue weighted by Gasteiger charge is 2.34. The van der Waals surface area contributed by atoms with Crippen molar-refractivity contribution in [3.8, 4) is 0 Å².